The highest BCUT2D eigenvalue weighted by molar-refractivity contribution is 6.00. The first-order valence-electron chi connectivity index (χ1n) is 7.42. The molecular formula is C17H13FN6O. The lowest BCUT2D eigenvalue weighted by Crippen LogP contribution is -2.16. The number of rotatable bonds is 4. The van der Waals surface area contributed by atoms with Gasteiger partial charge in [0.2, 0.25) is 5.78 Å². The fraction of sp³-hybridized carbons (Fsp3) is 0.176. The first-order valence-corrected chi connectivity index (χ1v) is 7.42. The number of hydrogen-bond acceptors (Lipinski definition) is 6. The number of benzene rings is 1. The third-order valence-electron chi connectivity index (χ3n) is 3.45. The maximum absolute atomic E-state index is 13.0. The lowest BCUT2D eigenvalue weighted by Gasteiger charge is -2.07. The van der Waals surface area contributed by atoms with E-state index in [1.54, 1.807) is 19.9 Å². The molecule has 0 aliphatic carbocycles. The minimum Gasteiger partial charge on any atom is -0.290 e. The molecule has 1 aromatic carbocycles. The Hall–Kier alpha value is -3.47. The maximum Gasteiger partial charge on any atom is 0.209 e. The minimum absolute atomic E-state index is 0.0126. The SMILES string of the molecule is Cc1cc(C)nc([C@H](C#N)C(=O)c2cnn(-c3ccc(F)cc3)n2)n1. The van der Waals surface area contributed by atoms with Crippen LogP contribution in [0.3, 0.4) is 0 Å². The van der Waals surface area contributed by atoms with Gasteiger partial charge < -0.3 is 0 Å². The third-order valence-corrected chi connectivity index (χ3v) is 3.45. The Bertz CT molecular complexity index is 953. The highest BCUT2D eigenvalue weighted by Crippen LogP contribution is 2.17. The van der Waals surface area contributed by atoms with Gasteiger partial charge in [0.05, 0.1) is 18.0 Å². The lowest BCUT2D eigenvalue weighted by atomic mass is 10.0. The molecule has 0 amide bonds. The van der Waals surface area contributed by atoms with E-state index in [9.17, 15) is 14.4 Å². The Labute approximate surface area is 142 Å². The Morgan fingerprint density at radius 2 is 1.84 bits per heavy atom. The van der Waals surface area contributed by atoms with Crippen LogP contribution in [0.25, 0.3) is 5.69 Å². The van der Waals surface area contributed by atoms with Crippen molar-refractivity contribution >= 4 is 5.78 Å². The second-order valence-corrected chi connectivity index (χ2v) is 5.43. The summed E-state index contributed by atoms with van der Waals surface area (Å²) < 4.78 is 13.0. The molecule has 0 bridgehead atoms. The van der Waals surface area contributed by atoms with E-state index >= 15 is 0 Å². The summed E-state index contributed by atoms with van der Waals surface area (Å²) in [6, 6.07) is 9.18. The molecule has 8 heteroatoms. The van der Waals surface area contributed by atoms with E-state index in [-0.39, 0.29) is 17.3 Å². The zero-order valence-electron chi connectivity index (χ0n) is 13.5. The van der Waals surface area contributed by atoms with Crippen LogP contribution in [-0.4, -0.2) is 30.7 Å². The second-order valence-electron chi connectivity index (χ2n) is 5.43. The van der Waals surface area contributed by atoms with Gasteiger partial charge in [-0.15, -0.1) is 5.10 Å². The lowest BCUT2D eigenvalue weighted by molar-refractivity contribution is 0.0971. The van der Waals surface area contributed by atoms with Crippen molar-refractivity contribution in [3.05, 3.63) is 65.3 Å². The molecule has 0 aliphatic heterocycles. The van der Waals surface area contributed by atoms with E-state index in [0.29, 0.717) is 17.1 Å². The molecule has 0 radical (unpaired) electrons. The summed E-state index contributed by atoms with van der Waals surface area (Å²) in [6.07, 6.45) is 1.26. The van der Waals surface area contributed by atoms with Gasteiger partial charge in [0.1, 0.15) is 5.82 Å². The average molecular weight is 336 g/mol. The molecule has 124 valence electrons. The van der Waals surface area contributed by atoms with E-state index in [2.05, 4.69) is 20.2 Å². The van der Waals surface area contributed by atoms with Gasteiger partial charge in [-0.2, -0.15) is 15.2 Å². The Kier molecular flexibility index (Phi) is 4.31. The number of Topliss-reactive ketones (excluding diaryl/α,β-unsaturated/α-hetero) is 1. The molecule has 0 fully saturated rings. The van der Waals surface area contributed by atoms with Gasteiger partial charge in [0, 0.05) is 11.4 Å². The van der Waals surface area contributed by atoms with E-state index in [1.807, 2.05) is 6.07 Å². The van der Waals surface area contributed by atoms with Crippen LogP contribution in [0.2, 0.25) is 0 Å². The topological polar surface area (TPSA) is 97.3 Å². The van der Waals surface area contributed by atoms with Crippen LogP contribution in [0.1, 0.15) is 33.6 Å². The summed E-state index contributed by atoms with van der Waals surface area (Å²) in [5.41, 5.74) is 1.85. The Balaban J connectivity index is 1.92. The summed E-state index contributed by atoms with van der Waals surface area (Å²) in [4.78, 5) is 22.2. The van der Waals surface area contributed by atoms with Gasteiger partial charge in [0.25, 0.3) is 0 Å². The molecular weight excluding hydrogens is 323 g/mol. The van der Waals surface area contributed by atoms with Crippen molar-refractivity contribution in [3.63, 3.8) is 0 Å². The Morgan fingerprint density at radius 3 is 2.44 bits per heavy atom. The van der Waals surface area contributed by atoms with Crippen LogP contribution >= 0.6 is 0 Å². The standard InChI is InChI=1S/C17H13FN6O/c1-10-7-11(2)22-17(21-10)14(8-19)16(25)15-9-20-24(23-15)13-5-3-12(18)4-6-13/h3-7,9,14H,1-2H3/t14-/m1/s1. The predicted molar refractivity (Wildman–Crippen MR) is 85.5 cm³/mol. The summed E-state index contributed by atoms with van der Waals surface area (Å²) in [5, 5.41) is 17.5. The first-order chi connectivity index (χ1) is 12.0. The largest absolute Gasteiger partial charge is 0.290 e. The van der Waals surface area contributed by atoms with Crippen LogP contribution in [0.15, 0.2) is 36.5 Å². The van der Waals surface area contributed by atoms with E-state index in [4.69, 9.17) is 0 Å². The zero-order valence-corrected chi connectivity index (χ0v) is 13.5. The smallest absolute Gasteiger partial charge is 0.209 e. The molecule has 0 spiro atoms. The normalized spacial score (nSPS) is 11.8. The van der Waals surface area contributed by atoms with Gasteiger partial charge in [-0.05, 0) is 44.2 Å². The molecule has 0 N–H and O–H groups in total. The first kappa shape index (κ1) is 16.4. The van der Waals surface area contributed by atoms with Crippen molar-refractivity contribution in [2.75, 3.05) is 0 Å². The van der Waals surface area contributed by atoms with Crippen molar-refractivity contribution in [1.29, 1.82) is 5.26 Å². The molecule has 0 unspecified atom stereocenters. The van der Waals surface area contributed by atoms with Crippen LogP contribution in [0, 0.1) is 31.0 Å². The molecule has 2 aromatic heterocycles. The second kappa shape index (κ2) is 6.57. The number of carbonyl (C=O) groups excluding carboxylic acids is 1. The number of ketones is 1. The number of halogens is 1. The van der Waals surface area contributed by atoms with E-state index in [0.717, 1.165) is 0 Å². The van der Waals surface area contributed by atoms with Crippen molar-refractivity contribution in [1.82, 2.24) is 25.0 Å². The molecule has 2 heterocycles. The molecule has 25 heavy (non-hydrogen) atoms. The van der Waals surface area contributed by atoms with Crippen molar-refractivity contribution in [2.45, 2.75) is 19.8 Å². The van der Waals surface area contributed by atoms with Gasteiger partial charge in [0.15, 0.2) is 17.4 Å². The van der Waals surface area contributed by atoms with Crippen molar-refractivity contribution in [2.24, 2.45) is 0 Å². The summed E-state index contributed by atoms with van der Waals surface area (Å²) >= 11 is 0. The van der Waals surface area contributed by atoms with Crippen LogP contribution < -0.4 is 0 Å². The molecule has 1 atom stereocenters. The predicted octanol–water partition coefficient (Wildman–Crippen LogP) is 2.30. The van der Waals surface area contributed by atoms with Crippen molar-refractivity contribution in [3.8, 4) is 11.8 Å². The fourth-order valence-electron chi connectivity index (χ4n) is 2.34. The van der Waals surface area contributed by atoms with Gasteiger partial charge in [-0.3, -0.25) is 4.79 Å². The fourth-order valence-corrected chi connectivity index (χ4v) is 2.34. The van der Waals surface area contributed by atoms with Crippen LogP contribution in [0.5, 0.6) is 0 Å². The molecule has 3 rings (SSSR count). The Morgan fingerprint density at radius 1 is 1.20 bits per heavy atom. The average Bonchev–Trinajstić information content (AvgIpc) is 3.05. The quantitative estimate of drug-likeness (QED) is 0.678. The molecule has 3 aromatic rings. The van der Waals surface area contributed by atoms with Crippen LogP contribution in [-0.2, 0) is 0 Å². The van der Waals surface area contributed by atoms with Crippen molar-refractivity contribution < 1.29 is 9.18 Å². The highest BCUT2D eigenvalue weighted by atomic mass is 19.1. The van der Waals surface area contributed by atoms with Gasteiger partial charge in [-0.1, -0.05) is 0 Å². The monoisotopic (exact) mass is 336 g/mol. The maximum atomic E-state index is 13.0. The number of nitrogens with zero attached hydrogens (tertiary/aromatic N) is 6. The van der Waals surface area contributed by atoms with Gasteiger partial charge in [-0.25, -0.2) is 14.4 Å². The number of aryl methyl sites for hydroxylation is 2. The summed E-state index contributed by atoms with van der Waals surface area (Å²) in [7, 11) is 0. The minimum atomic E-state index is -1.17. The number of hydrogen-bond donors (Lipinski definition) is 0. The number of carbonyl (C=O) groups is 1. The summed E-state index contributed by atoms with van der Waals surface area (Å²) in [5.74, 6) is -1.96. The zero-order chi connectivity index (χ0) is 18.0. The number of aromatic nitrogens is 5. The number of nitriles is 1. The van der Waals surface area contributed by atoms with E-state index < -0.39 is 11.7 Å². The van der Waals surface area contributed by atoms with Crippen LogP contribution in [0.4, 0.5) is 4.39 Å². The van der Waals surface area contributed by atoms with Gasteiger partial charge >= 0.3 is 0 Å². The van der Waals surface area contributed by atoms with E-state index in [1.165, 1.54) is 35.3 Å². The molecule has 0 aliphatic rings. The summed E-state index contributed by atoms with van der Waals surface area (Å²) in [6.45, 7) is 3.53. The molecule has 0 saturated heterocycles. The third kappa shape index (κ3) is 3.40. The molecule has 7 nitrogen and oxygen atoms in total. The molecule has 0 saturated carbocycles. The highest BCUT2D eigenvalue weighted by Gasteiger charge is 2.27.